The van der Waals surface area contributed by atoms with Gasteiger partial charge in [-0.15, -0.1) is 23.7 Å². The summed E-state index contributed by atoms with van der Waals surface area (Å²) >= 11 is 4.76. The molecule has 2 atom stereocenters. The van der Waals surface area contributed by atoms with Crippen molar-refractivity contribution < 1.29 is 9.53 Å². The second-order valence-corrected chi connectivity index (χ2v) is 6.83. The third-order valence-corrected chi connectivity index (χ3v) is 5.16. The van der Waals surface area contributed by atoms with E-state index in [1.165, 1.54) is 11.3 Å². The van der Waals surface area contributed by atoms with Crippen LogP contribution in [0.5, 0.6) is 5.75 Å². The zero-order valence-electron chi connectivity index (χ0n) is 10.6. The van der Waals surface area contributed by atoms with E-state index >= 15 is 0 Å². The summed E-state index contributed by atoms with van der Waals surface area (Å²) < 4.78 is 6.00. The van der Waals surface area contributed by atoms with Crippen molar-refractivity contribution in [2.24, 2.45) is 11.7 Å². The average molecular weight is 370 g/mol. The molecule has 1 fully saturated rings. The van der Waals surface area contributed by atoms with Crippen molar-refractivity contribution in [3.63, 3.8) is 0 Å². The minimum Gasteiger partial charge on any atom is -0.495 e. The molecule has 1 aromatic heterocycles. The molecule has 2 rings (SSSR count). The zero-order valence-corrected chi connectivity index (χ0v) is 13.9. The fourth-order valence-electron chi connectivity index (χ4n) is 2.35. The van der Waals surface area contributed by atoms with Gasteiger partial charge in [-0.1, -0.05) is 6.42 Å². The summed E-state index contributed by atoms with van der Waals surface area (Å²) in [4.78, 5) is 12.8. The molecular formula is C12H18BrClN2O2S. The quantitative estimate of drug-likeness (QED) is 0.858. The van der Waals surface area contributed by atoms with E-state index in [4.69, 9.17) is 10.5 Å². The first kappa shape index (κ1) is 16.8. The molecule has 1 heterocycles. The van der Waals surface area contributed by atoms with Crippen LogP contribution >= 0.6 is 39.7 Å². The van der Waals surface area contributed by atoms with Crippen molar-refractivity contribution in [2.75, 3.05) is 13.7 Å². The Labute approximate surface area is 131 Å². The van der Waals surface area contributed by atoms with Crippen LogP contribution in [-0.4, -0.2) is 25.6 Å². The summed E-state index contributed by atoms with van der Waals surface area (Å²) in [5.74, 6) is 1.08. The third kappa shape index (κ3) is 3.84. The Morgan fingerprint density at radius 2 is 2.37 bits per heavy atom. The van der Waals surface area contributed by atoms with E-state index in [0.717, 1.165) is 23.0 Å². The molecule has 1 aromatic rings. The van der Waals surface area contributed by atoms with E-state index in [9.17, 15) is 4.79 Å². The van der Waals surface area contributed by atoms with Crippen molar-refractivity contribution >= 4 is 45.6 Å². The lowest BCUT2D eigenvalue weighted by atomic mass is 10.0. The summed E-state index contributed by atoms with van der Waals surface area (Å²) in [6.45, 7) is 0.641. The number of nitrogens with two attached hydrogens (primary N) is 1. The molecule has 2 unspecified atom stereocenters. The number of hydrogen-bond donors (Lipinski definition) is 2. The van der Waals surface area contributed by atoms with Crippen molar-refractivity contribution in [1.29, 1.82) is 0 Å². The Balaban J connectivity index is 0.00000180. The van der Waals surface area contributed by atoms with Crippen molar-refractivity contribution in [3.05, 3.63) is 14.7 Å². The molecule has 3 N–H and O–H groups in total. The second kappa shape index (κ2) is 7.47. The topological polar surface area (TPSA) is 64.3 Å². The van der Waals surface area contributed by atoms with Gasteiger partial charge in [-0.2, -0.15) is 0 Å². The van der Waals surface area contributed by atoms with Crippen LogP contribution in [0.25, 0.3) is 0 Å². The molecule has 0 aliphatic heterocycles. The molecule has 0 radical (unpaired) electrons. The minimum atomic E-state index is -0.0330. The smallest absolute Gasteiger partial charge is 0.261 e. The zero-order chi connectivity index (χ0) is 13.1. The van der Waals surface area contributed by atoms with Crippen LogP contribution in [0, 0.1) is 5.92 Å². The molecule has 1 aliphatic rings. The van der Waals surface area contributed by atoms with Crippen LogP contribution in [-0.2, 0) is 0 Å². The maximum absolute atomic E-state index is 12.1. The average Bonchev–Trinajstić information content (AvgIpc) is 2.95. The number of halogens is 2. The molecular weight excluding hydrogens is 352 g/mol. The molecule has 1 amide bonds. The monoisotopic (exact) mass is 368 g/mol. The van der Waals surface area contributed by atoms with Crippen LogP contribution < -0.4 is 15.8 Å². The highest BCUT2D eigenvalue weighted by Gasteiger charge is 2.28. The van der Waals surface area contributed by atoms with Gasteiger partial charge in [-0.25, -0.2) is 0 Å². The Morgan fingerprint density at radius 1 is 1.63 bits per heavy atom. The molecule has 1 aliphatic carbocycles. The lowest BCUT2D eigenvalue weighted by Crippen LogP contribution is -2.39. The summed E-state index contributed by atoms with van der Waals surface area (Å²) in [5.41, 5.74) is 5.71. The van der Waals surface area contributed by atoms with E-state index in [0.29, 0.717) is 23.1 Å². The van der Waals surface area contributed by atoms with Gasteiger partial charge in [0.25, 0.3) is 5.91 Å². The first-order valence-corrected chi connectivity index (χ1v) is 7.61. The van der Waals surface area contributed by atoms with Crippen LogP contribution in [0.1, 0.15) is 28.9 Å². The van der Waals surface area contributed by atoms with Gasteiger partial charge in [-0.3, -0.25) is 4.79 Å². The summed E-state index contributed by atoms with van der Waals surface area (Å²) in [7, 11) is 1.59. The summed E-state index contributed by atoms with van der Waals surface area (Å²) in [5, 5.41) is 3.08. The number of nitrogens with one attached hydrogen (secondary N) is 1. The van der Waals surface area contributed by atoms with Crippen LogP contribution in [0.4, 0.5) is 0 Å². The molecule has 7 heteroatoms. The van der Waals surface area contributed by atoms with Gasteiger partial charge >= 0.3 is 0 Å². The fourth-order valence-corrected chi connectivity index (χ4v) is 3.90. The third-order valence-electron chi connectivity index (χ3n) is 3.38. The van der Waals surface area contributed by atoms with E-state index in [-0.39, 0.29) is 24.4 Å². The number of thiophene rings is 1. The molecule has 108 valence electrons. The Hall–Kier alpha value is -0.300. The predicted octanol–water partition coefficient (Wildman–Crippen LogP) is 2.80. The standard InChI is InChI=1S/C12H17BrN2O2S.ClH/c1-17-9-5-10(18-11(9)13)12(16)15-8-4-2-3-7(8)6-14;/h5,7-8H,2-4,6,14H2,1H3,(H,15,16);1H. The molecule has 0 saturated heterocycles. The Bertz CT molecular complexity index is 441. The number of rotatable bonds is 4. The van der Waals surface area contributed by atoms with E-state index < -0.39 is 0 Å². The van der Waals surface area contributed by atoms with Gasteiger partial charge in [-0.05, 0) is 41.2 Å². The van der Waals surface area contributed by atoms with E-state index in [1.54, 1.807) is 13.2 Å². The van der Waals surface area contributed by atoms with Crippen molar-refractivity contribution in [1.82, 2.24) is 5.32 Å². The molecule has 0 aromatic carbocycles. The fraction of sp³-hybridized carbons (Fsp3) is 0.583. The van der Waals surface area contributed by atoms with Crippen LogP contribution in [0.15, 0.2) is 9.85 Å². The molecule has 4 nitrogen and oxygen atoms in total. The van der Waals surface area contributed by atoms with Gasteiger partial charge < -0.3 is 15.8 Å². The van der Waals surface area contributed by atoms with Crippen molar-refractivity contribution in [3.8, 4) is 5.75 Å². The number of carbonyl (C=O) groups is 1. The lowest BCUT2D eigenvalue weighted by molar-refractivity contribution is 0.0932. The Kier molecular flexibility index (Phi) is 6.59. The van der Waals surface area contributed by atoms with Crippen molar-refractivity contribution in [2.45, 2.75) is 25.3 Å². The first-order valence-electron chi connectivity index (χ1n) is 6.00. The summed E-state index contributed by atoms with van der Waals surface area (Å²) in [6, 6.07) is 1.98. The minimum absolute atomic E-state index is 0. The number of carbonyl (C=O) groups excluding carboxylic acids is 1. The molecule has 0 spiro atoms. The predicted molar refractivity (Wildman–Crippen MR) is 83.5 cm³/mol. The number of ether oxygens (including phenoxy) is 1. The number of methoxy groups -OCH3 is 1. The largest absolute Gasteiger partial charge is 0.495 e. The van der Waals surface area contributed by atoms with Gasteiger partial charge in [0, 0.05) is 12.1 Å². The highest BCUT2D eigenvalue weighted by Crippen LogP contribution is 2.34. The maximum Gasteiger partial charge on any atom is 0.261 e. The van der Waals surface area contributed by atoms with Gasteiger partial charge in [0.15, 0.2) is 0 Å². The number of hydrogen-bond acceptors (Lipinski definition) is 4. The van der Waals surface area contributed by atoms with E-state index in [2.05, 4.69) is 21.2 Å². The van der Waals surface area contributed by atoms with E-state index in [1.807, 2.05) is 0 Å². The number of amides is 1. The SMILES string of the molecule is COc1cc(C(=O)NC2CCCC2CN)sc1Br.Cl. The maximum atomic E-state index is 12.1. The normalized spacial score (nSPS) is 21.8. The van der Waals surface area contributed by atoms with Crippen LogP contribution in [0.3, 0.4) is 0 Å². The Morgan fingerprint density at radius 3 is 2.95 bits per heavy atom. The second-order valence-electron chi connectivity index (χ2n) is 4.46. The molecule has 19 heavy (non-hydrogen) atoms. The van der Waals surface area contributed by atoms with Gasteiger partial charge in [0.05, 0.1) is 12.0 Å². The van der Waals surface area contributed by atoms with Gasteiger partial charge in [0.1, 0.15) is 9.54 Å². The molecule has 1 saturated carbocycles. The summed E-state index contributed by atoms with van der Waals surface area (Å²) in [6.07, 6.45) is 3.28. The lowest BCUT2D eigenvalue weighted by Gasteiger charge is -2.18. The van der Waals surface area contributed by atoms with Crippen LogP contribution in [0.2, 0.25) is 0 Å². The highest BCUT2D eigenvalue weighted by atomic mass is 79.9. The van der Waals surface area contributed by atoms with Gasteiger partial charge in [0.2, 0.25) is 0 Å². The highest BCUT2D eigenvalue weighted by molar-refractivity contribution is 9.11. The first-order chi connectivity index (χ1) is 8.65. The molecule has 0 bridgehead atoms.